The molecule has 2 aromatic carbocycles. The van der Waals surface area contributed by atoms with Crippen LogP contribution in [0.4, 0.5) is 5.69 Å². The van der Waals surface area contributed by atoms with Crippen molar-refractivity contribution in [1.82, 2.24) is 14.8 Å². The molecular weight excluding hydrogens is 419 g/mol. The Balaban J connectivity index is 1.76. The first kappa shape index (κ1) is 20.5. The van der Waals surface area contributed by atoms with E-state index < -0.39 is 5.25 Å². The summed E-state index contributed by atoms with van der Waals surface area (Å²) in [5, 5.41) is 12.2. The summed E-state index contributed by atoms with van der Waals surface area (Å²) in [5.74, 6) is 0.328. The number of hydrogen-bond donors (Lipinski definition) is 1. The van der Waals surface area contributed by atoms with Crippen molar-refractivity contribution in [2.75, 3.05) is 12.4 Å². The van der Waals surface area contributed by atoms with Gasteiger partial charge in [-0.15, -0.1) is 10.2 Å². The smallest absolute Gasteiger partial charge is 0.237 e. The Kier molecular flexibility index (Phi) is 6.49. The summed E-state index contributed by atoms with van der Waals surface area (Å²) in [7, 11) is 1.53. The van der Waals surface area contributed by atoms with E-state index in [1.165, 1.54) is 18.9 Å². The van der Waals surface area contributed by atoms with Crippen molar-refractivity contribution in [3.63, 3.8) is 0 Å². The molecule has 0 fully saturated rings. The molecule has 1 unspecified atom stereocenters. The van der Waals surface area contributed by atoms with Gasteiger partial charge in [0.25, 0.3) is 0 Å². The molecule has 0 bridgehead atoms. The van der Waals surface area contributed by atoms with Crippen LogP contribution in [0.3, 0.4) is 0 Å². The fraction of sp³-hybridized carbons (Fsp3) is 0.211. The number of aryl methyl sites for hydroxylation is 1. The van der Waals surface area contributed by atoms with Crippen LogP contribution >= 0.6 is 35.0 Å². The number of methoxy groups -OCH3 is 1. The minimum absolute atomic E-state index is 0.206. The van der Waals surface area contributed by atoms with Crippen LogP contribution in [0.2, 0.25) is 10.0 Å². The minimum Gasteiger partial charge on any atom is -0.495 e. The SMILES string of the molecule is COc1ccc(Cl)cc1NC(=O)C(C)Sc1nncn1-c1ccc(C)c(Cl)c1. The molecule has 1 N–H and O–H groups in total. The van der Waals surface area contributed by atoms with Crippen LogP contribution in [0.25, 0.3) is 5.69 Å². The third kappa shape index (κ3) is 4.60. The van der Waals surface area contributed by atoms with Gasteiger partial charge in [0.1, 0.15) is 12.1 Å². The summed E-state index contributed by atoms with van der Waals surface area (Å²) < 4.78 is 7.06. The Morgan fingerprint density at radius 3 is 2.75 bits per heavy atom. The number of rotatable bonds is 6. The molecule has 9 heteroatoms. The Labute approximate surface area is 177 Å². The Hall–Kier alpha value is -2.22. The molecule has 1 heterocycles. The number of carbonyl (C=O) groups is 1. The summed E-state index contributed by atoms with van der Waals surface area (Å²) in [6, 6.07) is 10.7. The molecule has 0 aliphatic heterocycles. The molecule has 3 rings (SSSR count). The van der Waals surface area contributed by atoms with Crippen LogP contribution in [-0.2, 0) is 4.79 Å². The van der Waals surface area contributed by atoms with Gasteiger partial charge >= 0.3 is 0 Å². The number of amides is 1. The maximum absolute atomic E-state index is 12.7. The first-order chi connectivity index (χ1) is 13.4. The number of benzene rings is 2. The summed E-state index contributed by atoms with van der Waals surface area (Å²) in [5.41, 5.74) is 2.32. The van der Waals surface area contributed by atoms with Crippen LogP contribution in [0.15, 0.2) is 47.9 Å². The molecule has 0 saturated carbocycles. The number of ether oxygens (including phenoxy) is 1. The summed E-state index contributed by atoms with van der Waals surface area (Å²) >= 11 is 13.5. The van der Waals surface area contributed by atoms with Crippen LogP contribution in [0.1, 0.15) is 12.5 Å². The second-order valence-corrected chi connectivity index (χ2v) is 8.16. The highest BCUT2D eigenvalue weighted by molar-refractivity contribution is 8.00. The topological polar surface area (TPSA) is 69.0 Å². The molecule has 146 valence electrons. The summed E-state index contributed by atoms with van der Waals surface area (Å²) in [6.45, 7) is 3.72. The number of carbonyl (C=O) groups excluding carboxylic acids is 1. The predicted octanol–water partition coefficient (Wildman–Crippen LogP) is 5.01. The Morgan fingerprint density at radius 2 is 2.04 bits per heavy atom. The van der Waals surface area contributed by atoms with E-state index in [-0.39, 0.29) is 5.91 Å². The van der Waals surface area contributed by atoms with E-state index in [2.05, 4.69) is 15.5 Å². The number of hydrogen-bond acceptors (Lipinski definition) is 5. The molecule has 3 aromatic rings. The maximum Gasteiger partial charge on any atom is 0.237 e. The second kappa shape index (κ2) is 8.86. The van der Waals surface area contributed by atoms with E-state index in [0.29, 0.717) is 26.6 Å². The lowest BCUT2D eigenvalue weighted by Gasteiger charge is -2.15. The lowest BCUT2D eigenvalue weighted by molar-refractivity contribution is -0.115. The highest BCUT2D eigenvalue weighted by Gasteiger charge is 2.20. The molecule has 6 nitrogen and oxygen atoms in total. The number of aromatic nitrogens is 3. The van der Waals surface area contributed by atoms with Gasteiger partial charge in [-0.2, -0.15) is 0 Å². The Morgan fingerprint density at radius 1 is 1.25 bits per heavy atom. The van der Waals surface area contributed by atoms with E-state index in [1.807, 2.05) is 25.1 Å². The lowest BCUT2D eigenvalue weighted by atomic mass is 10.2. The van der Waals surface area contributed by atoms with Crippen LogP contribution in [0, 0.1) is 6.92 Å². The van der Waals surface area contributed by atoms with Crippen molar-refractivity contribution in [2.24, 2.45) is 0 Å². The monoisotopic (exact) mass is 436 g/mol. The summed E-state index contributed by atoms with van der Waals surface area (Å²) in [6.07, 6.45) is 1.59. The average Bonchev–Trinajstić information content (AvgIpc) is 3.12. The Bertz CT molecular complexity index is 1010. The minimum atomic E-state index is -0.437. The van der Waals surface area contributed by atoms with Crippen molar-refractivity contribution in [2.45, 2.75) is 24.3 Å². The number of nitrogens with one attached hydrogen (secondary N) is 1. The zero-order chi connectivity index (χ0) is 20.3. The summed E-state index contributed by atoms with van der Waals surface area (Å²) in [4.78, 5) is 12.7. The van der Waals surface area contributed by atoms with Gasteiger partial charge in [0.05, 0.1) is 23.7 Å². The molecule has 0 aliphatic rings. The molecule has 0 aliphatic carbocycles. The van der Waals surface area contributed by atoms with Crippen molar-refractivity contribution in [1.29, 1.82) is 0 Å². The van der Waals surface area contributed by atoms with Crippen LogP contribution < -0.4 is 10.1 Å². The molecule has 0 saturated heterocycles. The number of halogens is 2. The third-order valence-corrected chi connectivity index (χ3v) is 5.72. The van der Waals surface area contributed by atoms with Crippen molar-refractivity contribution >= 4 is 46.6 Å². The number of nitrogens with zero attached hydrogens (tertiary/aromatic N) is 3. The first-order valence-corrected chi connectivity index (χ1v) is 10.00. The quantitative estimate of drug-likeness (QED) is 0.549. The van der Waals surface area contributed by atoms with Gasteiger partial charge in [0, 0.05) is 10.0 Å². The standard InChI is InChI=1S/C19H18Cl2N4O2S/c1-11-4-6-14(9-15(11)21)25-10-22-24-19(25)28-12(2)18(26)23-16-8-13(20)5-7-17(16)27-3/h4-10,12H,1-3H3,(H,23,26). The third-order valence-electron chi connectivity index (χ3n) is 4.02. The van der Waals surface area contributed by atoms with Crippen LogP contribution in [0.5, 0.6) is 5.75 Å². The van der Waals surface area contributed by atoms with Crippen molar-refractivity contribution in [3.05, 3.63) is 58.3 Å². The van der Waals surface area contributed by atoms with Gasteiger partial charge in [0.15, 0.2) is 5.16 Å². The van der Waals surface area contributed by atoms with Gasteiger partial charge in [-0.1, -0.05) is 41.0 Å². The molecule has 1 atom stereocenters. The van der Waals surface area contributed by atoms with Gasteiger partial charge in [-0.3, -0.25) is 9.36 Å². The fourth-order valence-electron chi connectivity index (χ4n) is 2.44. The van der Waals surface area contributed by atoms with E-state index >= 15 is 0 Å². The highest BCUT2D eigenvalue weighted by atomic mass is 35.5. The van der Waals surface area contributed by atoms with Crippen molar-refractivity contribution in [3.8, 4) is 11.4 Å². The van der Waals surface area contributed by atoms with Gasteiger partial charge in [-0.05, 0) is 49.7 Å². The highest BCUT2D eigenvalue weighted by Crippen LogP contribution is 2.30. The molecule has 1 amide bonds. The van der Waals surface area contributed by atoms with E-state index in [0.717, 1.165) is 11.3 Å². The zero-order valence-corrected chi connectivity index (χ0v) is 17.8. The van der Waals surface area contributed by atoms with E-state index in [4.69, 9.17) is 27.9 Å². The molecule has 1 aromatic heterocycles. The first-order valence-electron chi connectivity index (χ1n) is 8.36. The van der Waals surface area contributed by atoms with Gasteiger partial charge < -0.3 is 10.1 Å². The largest absolute Gasteiger partial charge is 0.495 e. The van der Waals surface area contributed by atoms with Gasteiger partial charge in [-0.25, -0.2) is 0 Å². The van der Waals surface area contributed by atoms with Crippen molar-refractivity contribution < 1.29 is 9.53 Å². The molecule has 0 spiro atoms. The molecule has 28 heavy (non-hydrogen) atoms. The average molecular weight is 437 g/mol. The lowest BCUT2D eigenvalue weighted by Crippen LogP contribution is -2.23. The number of thioether (sulfide) groups is 1. The van der Waals surface area contributed by atoms with E-state index in [1.54, 1.807) is 36.0 Å². The maximum atomic E-state index is 12.7. The molecule has 0 radical (unpaired) electrons. The molecular formula is C19H18Cl2N4O2S. The second-order valence-electron chi connectivity index (χ2n) is 6.01. The van der Waals surface area contributed by atoms with E-state index in [9.17, 15) is 4.79 Å². The number of anilines is 1. The predicted molar refractivity (Wildman–Crippen MR) is 113 cm³/mol. The fourth-order valence-corrected chi connectivity index (χ4v) is 3.63. The zero-order valence-electron chi connectivity index (χ0n) is 15.4. The van der Waals surface area contributed by atoms with Gasteiger partial charge in [0.2, 0.25) is 5.91 Å². The normalized spacial score (nSPS) is 11.9. The van der Waals surface area contributed by atoms with Crippen LogP contribution in [-0.4, -0.2) is 33.0 Å².